The Morgan fingerprint density at radius 1 is 1.11 bits per heavy atom. The van der Waals surface area contributed by atoms with Gasteiger partial charge in [0.1, 0.15) is 5.82 Å². The van der Waals surface area contributed by atoms with Crippen molar-refractivity contribution in [2.24, 2.45) is 0 Å². The summed E-state index contributed by atoms with van der Waals surface area (Å²) < 4.78 is 2.06. The van der Waals surface area contributed by atoms with Crippen molar-refractivity contribution in [1.29, 1.82) is 0 Å². The first kappa shape index (κ1) is 11.6. The van der Waals surface area contributed by atoms with E-state index < -0.39 is 0 Å². The lowest BCUT2D eigenvalue weighted by Crippen LogP contribution is -2.14. The van der Waals surface area contributed by atoms with Gasteiger partial charge in [0.05, 0.1) is 12.1 Å². The number of hydrogen-bond donors (Lipinski definition) is 0. The summed E-state index contributed by atoms with van der Waals surface area (Å²) in [6, 6.07) is 11.1. The Bertz CT molecular complexity index is 778. The Balaban J connectivity index is 2.21. The fourth-order valence-electron chi connectivity index (χ4n) is 2.22. The van der Waals surface area contributed by atoms with Crippen molar-refractivity contribution in [3.63, 3.8) is 0 Å². The second-order valence-electron chi connectivity index (χ2n) is 4.42. The van der Waals surface area contributed by atoms with E-state index in [0.717, 1.165) is 22.4 Å². The van der Waals surface area contributed by atoms with Crippen LogP contribution in [0.3, 0.4) is 0 Å². The fourth-order valence-corrected chi connectivity index (χ4v) is 2.22. The molecule has 0 saturated carbocycles. The van der Waals surface area contributed by atoms with E-state index in [1.54, 1.807) is 24.5 Å². The van der Waals surface area contributed by atoms with Crippen molar-refractivity contribution in [3.05, 3.63) is 70.5 Å². The topological polar surface area (TPSA) is 47.8 Å². The van der Waals surface area contributed by atoms with E-state index in [1.807, 2.05) is 31.2 Å². The van der Waals surface area contributed by atoms with Crippen LogP contribution in [0.15, 0.2) is 53.6 Å². The SMILES string of the molecule is Cc1cc(=O)c2ccccc2n1Cc1ncccn1. The lowest BCUT2D eigenvalue weighted by molar-refractivity contribution is 0.740. The predicted octanol–water partition coefficient (Wildman–Crippen LogP) is 2.15. The predicted molar refractivity (Wildman–Crippen MR) is 74.1 cm³/mol. The molecule has 0 atom stereocenters. The third-order valence-corrected chi connectivity index (χ3v) is 3.14. The molecule has 0 fully saturated rings. The first-order chi connectivity index (χ1) is 9.25. The highest BCUT2D eigenvalue weighted by atomic mass is 16.1. The highest BCUT2D eigenvalue weighted by Gasteiger charge is 2.07. The van der Waals surface area contributed by atoms with E-state index in [1.165, 1.54) is 0 Å². The zero-order chi connectivity index (χ0) is 13.2. The molecule has 3 aromatic rings. The summed E-state index contributed by atoms with van der Waals surface area (Å²) in [4.78, 5) is 20.4. The number of para-hydroxylation sites is 1. The Labute approximate surface area is 110 Å². The van der Waals surface area contributed by atoms with Gasteiger partial charge in [0.25, 0.3) is 0 Å². The van der Waals surface area contributed by atoms with E-state index in [0.29, 0.717) is 6.54 Å². The van der Waals surface area contributed by atoms with Gasteiger partial charge in [0, 0.05) is 29.5 Å². The largest absolute Gasteiger partial charge is 0.337 e. The smallest absolute Gasteiger partial charge is 0.189 e. The first-order valence-electron chi connectivity index (χ1n) is 6.11. The van der Waals surface area contributed by atoms with Crippen LogP contribution in [0.1, 0.15) is 11.5 Å². The van der Waals surface area contributed by atoms with E-state index in [4.69, 9.17) is 0 Å². The third kappa shape index (κ3) is 2.12. The lowest BCUT2D eigenvalue weighted by atomic mass is 10.2. The summed E-state index contributed by atoms with van der Waals surface area (Å²) in [5.41, 5.74) is 1.88. The first-order valence-corrected chi connectivity index (χ1v) is 6.11. The molecule has 94 valence electrons. The molecule has 1 aromatic carbocycles. The van der Waals surface area contributed by atoms with Crippen molar-refractivity contribution < 1.29 is 0 Å². The number of rotatable bonds is 2. The summed E-state index contributed by atoms with van der Waals surface area (Å²) in [5.74, 6) is 0.736. The second-order valence-corrected chi connectivity index (χ2v) is 4.42. The van der Waals surface area contributed by atoms with Gasteiger partial charge in [0.2, 0.25) is 0 Å². The third-order valence-electron chi connectivity index (χ3n) is 3.14. The van der Waals surface area contributed by atoms with Crippen LogP contribution < -0.4 is 5.43 Å². The van der Waals surface area contributed by atoms with Crippen LogP contribution in [0, 0.1) is 6.92 Å². The molecule has 4 heteroatoms. The molecule has 3 rings (SSSR count). The van der Waals surface area contributed by atoms with Crippen molar-refractivity contribution >= 4 is 10.9 Å². The zero-order valence-corrected chi connectivity index (χ0v) is 10.6. The Morgan fingerprint density at radius 2 is 1.84 bits per heavy atom. The number of pyridine rings is 1. The molecule has 0 unspecified atom stereocenters. The normalized spacial score (nSPS) is 10.8. The van der Waals surface area contributed by atoms with Gasteiger partial charge in [-0.1, -0.05) is 12.1 Å². The average Bonchev–Trinajstić information content (AvgIpc) is 2.45. The van der Waals surface area contributed by atoms with Crippen LogP contribution in [-0.4, -0.2) is 14.5 Å². The van der Waals surface area contributed by atoms with Crippen LogP contribution in [0.4, 0.5) is 0 Å². The number of nitrogens with zero attached hydrogens (tertiary/aromatic N) is 3. The Kier molecular flexibility index (Phi) is 2.83. The standard InChI is InChI=1S/C15H13N3O/c1-11-9-14(19)12-5-2-3-6-13(12)18(11)10-15-16-7-4-8-17-15/h2-9H,10H2,1H3. The maximum absolute atomic E-state index is 12.0. The maximum Gasteiger partial charge on any atom is 0.189 e. The average molecular weight is 251 g/mol. The van der Waals surface area contributed by atoms with Gasteiger partial charge < -0.3 is 4.57 Å². The summed E-state index contributed by atoms with van der Waals surface area (Å²) in [6.45, 7) is 2.49. The molecule has 0 spiro atoms. The number of fused-ring (bicyclic) bond motifs is 1. The van der Waals surface area contributed by atoms with Crippen molar-refractivity contribution in [1.82, 2.24) is 14.5 Å². The Morgan fingerprint density at radius 3 is 2.63 bits per heavy atom. The number of hydrogen-bond acceptors (Lipinski definition) is 3. The molecule has 0 saturated heterocycles. The molecular weight excluding hydrogens is 238 g/mol. The summed E-state index contributed by atoms with van der Waals surface area (Å²) in [7, 11) is 0. The molecule has 0 aliphatic carbocycles. The zero-order valence-electron chi connectivity index (χ0n) is 10.6. The number of aromatic nitrogens is 3. The molecular formula is C15H13N3O. The lowest BCUT2D eigenvalue weighted by Gasteiger charge is -2.13. The highest BCUT2D eigenvalue weighted by Crippen LogP contribution is 2.13. The summed E-state index contributed by atoms with van der Waals surface area (Å²) in [5, 5.41) is 0.726. The van der Waals surface area contributed by atoms with Gasteiger partial charge in [-0.15, -0.1) is 0 Å². The van der Waals surface area contributed by atoms with Crippen molar-refractivity contribution in [2.45, 2.75) is 13.5 Å². The van der Waals surface area contributed by atoms with Crippen LogP contribution in [0.2, 0.25) is 0 Å². The van der Waals surface area contributed by atoms with Crippen molar-refractivity contribution in [2.75, 3.05) is 0 Å². The quantitative estimate of drug-likeness (QED) is 0.701. The van der Waals surface area contributed by atoms with Crippen LogP contribution in [0.5, 0.6) is 0 Å². The minimum Gasteiger partial charge on any atom is -0.337 e. The van der Waals surface area contributed by atoms with E-state index in [2.05, 4.69) is 14.5 Å². The number of aryl methyl sites for hydroxylation is 1. The van der Waals surface area contributed by atoms with Gasteiger partial charge >= 0.3 is 0 Å². The van der Waals surface area contributed by atoms with Crippen LogP contribution in [0.25, 0.3) is 10.9 Å². The molecule has 0 aliphatic heterocycles. The van der Waals surface area contributed by atoms with Gasteiger partial charge in [-0.2, -0.15) is 0 Å². The van der Waals surface area contributed by atoms with Crippen LogP contribution >= 0.6 is 0 Å². The summed E-state index contributed by atoms with van der Waals surface area (Å²) in [6.07, 6.45) is 3.45. The highest BCUT2D eigenvalue weighted by molar-refractivity contribution is 5.79. The fraction of sp³-hybridized carbons (Fsp3) is 0.133. The van der Waals surface area contributed by atoms with E-state index in [-0.39, 0.29) is 5.43 Å². The van der Waals surface area contributed by atoms with Gasteiger partial charge in [-0.25, -0.2) is 9.97 Å². The molecule has 0 aliphatic rings. The van der Waals surface area contributed by atoms with Gasteiger partial charge in [0.15, 0.2) is 5.43 Å². The van der Waals surface area contributed by atoms with Gasteiger partial charge in [-0.3, -0.25) is 4.79 Å². The molecule has 0 amide bonds. The Hall–Kier alpha value is -2.49. The van der Waals surface area contributed by atoms with E-state index >= 15 is 0 Å². The molecule has 0 N–H and O–H groups in total. The van der Waals surface area contributed by atoms with Crippen LogP contribution in [-0.2, 0) is 6.54 Å². The number of benzene rings is 1. The second kappa shape index (κ2) is 4.65. The molecule has 0 bridgehead atoms. The van der Waals surface area contributed by atoms with E-state index in [9.17, 15) is 4.79 Å². The van der Waals surface area contributed by atoms with Crippen molar-refractivity contribution in [3.8, 4) is 0 Å². The molecule has 2 heterocycles. The molecule has 0 radical (unpaired) electrons. The maximum atomic E-state index is 12.0. The molecule has 4 nitrogen and oxygen atoms in total. The molecule has 2 aromatic heterocycles. The van der Waals surface area contributed by atoms with Gasteiger partial charge in [-0.05, 0) is 25.1 Å². The molecule has 19 heavy (non-hydrogen) atoms. The monoisotopic (exact) mass is 251 g/mol. The summed E-state index contributed by atoms with van der Waals surface area (Å²) >= 11 is 0. The minimum atomic E-state index is 0.0540. The minimum absolute atomic E-state index is 0.0540.